The number of ether oxygens (including phenoxy) is 2. The van der Waals surface area contributed by atoms with E-state index >= 15 is 0 Å². The van der Waals surface area contributed by atoms with Crippen molar-refractivity contribution in [1.82, 2.24) is 0 Å². The van der Waals surface area contributed by atoms with Crippen LogP contribution in [0.1, 0.15) is 56.4 Å². The zero-order chi connectivity index (χ0) is 23.6. The Morgan fingerprint density at radius 3 is 2.45 bits per heavy atom. The van der Waals surface area contributed by atoms with Gasteiger partial charge in [0.05, 0.1) is 18.8 Å². The molecule has 6 nitrogen and oxygen atoms in total. The first-order valence-corrected chi connectivity index (χ1v) is 11.7. The van der Waals surface area contributed by atoms with Crippen molar-refractivity contribution in [1.29, 1.82) is 0 Å². The second-order valence-electron chi connectivity index (χ2n) is 8.96. The van der Waals surface area contributed by atoms with E-state index in [1.165, 1.54) is 16.8 Å². The smallest absolute Gasteiger partial charge is 0.338 e. The first kappa shape index (κ1) is 22.9. The fourth-order valence-electron chi connectivity index (χ4n) is 4.53. The molecule has 0 saturated heterocycles. The Morgan fingerprint density at radius 2 is 1.73 bits per heavy atom. The van der Waals surface area contributed by atoms with Gasteiger partial charge in [0.25, 0.3) is 0 Å². The van der Waals surface area contributed by atoms with Crippen molar-refractivity contribution in [3.63, 3.8) is 0 Å². The van der Waals surface area contributed by atoms with Crippen LogP contribution in [0.4, 0.5) is 11.4 Å². The molecule has 0 fully saturated rings. The Hall–Kier alpha value is -3.28. The van der Waals surface area contributed by atoms with Crippen LogP contribution in [-0.4, -0.2) is 36.7 Å². The van der Waals surface area contributed by atoms with Gasteiger partial charge in [-0.05, 0) is 87.9 Å². The van der Waals surface area contributed by atoms with Gasteiger partial charge in [0.1, 0.15) is 0 Å². The summed E-state index contributed by atoms with van der Waals surface area (Å²) in [5.41, 5.74) is 5.57. The van der Waals surface area contributed by atoms with Crippen LogP contribution in [0.3, 0.4) is 0 Å². The predicted molar refractivity (Wildman–Crippen MR) is 130 cm³/mol. The third-order valence-corrected chi connectivity index (χ3v) is 6.22. The highest BCUT2D eigenvalue weighted by Crippen LogP contribution is 2.36. The van der Waals surface area contributed by atoms with Gasteiger partial charge in [-0.15, -0.1) is 0 Å². The highest BCUT2D eigenvalue weighted by atomic mass is 16.5. The van der Waals surface area contributed by atoms with Gasteiger partial charge in [0.15, 0.2) is 5.54 Å². The number of nitrogens with one attached hydrogen (secondary N) is 2. The fourth-order valence-corrected chi connectivity index (χ4v) is 4.53. The van der Waals surface area contributed by atoms with Crippen molar-refractivity contribution in [2.75, 3.05) is 23.8 Å². The maximum Gasteiger partial charge on any atom is 0.338 e. The number of esters is 2. The van der Waals surface area contributed by atoms with E-state index in [9.17, 15) is 9.59 Å². The van der Waals surface area contributed by atoms with Gasteiger partial charge in [-0.25, -0.2) is 9.59 Å². The van der Waals surface area contributed by atoms with Crippen molar-refractivity contribution >= 4 is 28.9 Å². The number of aryl methyl sites for hydroxylation is 1. The molecule has 0 aliphatic carbocycles. The maximum absolute atomic E-state index is 12.8. The SMILES string of the molecule is CCOC(=O)C1=CC(C)(C(=O)OCC)Nc2ccc(Cc3ccc4c(c3)CCC(C)N4)cc21. The standard InChI is InChI=1S/C27H32N2O4/c1-5-32-25(30)22-16-27(4,26(31)33-6-2)29-24-12-9-19(15-21(22)24)13-18-8-11-23-20(14-18)10-7-17(3)28-23/h8-9,11-12,14-17,28-29H,5-7,10,13H2,1-4H3. The Kier molecular flexibility index (Phi) is 6.45. The number of rotatable bonds is 6. The molecule has 33 heavy (non-hydrogen) atoms. The van der Waals surface area contributed by atoms with Crippen LogP contribution in [-0.2, 0) is 31.9 Å². The molecule has 2 aromatic rings. The normalized spacial score (nSPS) is 21.0. The maximum atomic E-state index is 12.8. The molecular weight excluding hydrogens is 416 g/mol. The van der Waals surface area contributed by atoms with E-state index in [4.69, 9.17) is 9.47 Å². The lowest BCUT2D eigenvalue weighted by molar-refractivity contribution is -0.146. The van der Waals surface area contributed by atoms with Crippen LogP contribution >= 0.6 is 0 Å². The molecule has 0 bridgehead atoms. The van der Waals surface area contributed by atoms with E-state index in [0.717, 1.165) is 30.4 Å². The molecular formula is C27H32N2O4. The summed E-state index contributed by atoms with van der Waals surface area (Å²) in [7, 11) is 0. The molecule has 2 atom stereocenters. The highest BCUT2D eigenvalue weighted by Gasteiger charge is 2.39. The topological polar surface area (TPSA) is 76.7 Å². The average Bonchev–Trinajstić information content (AvgIpc) is 2.79. The number of carbonyl (C=O) groups excluding carboxylic acids is 2. The highest BCUT2D eigenvalue weighted by molar-refractivity contribution is 6.20. The molecule has 2 aromatic carbocycles. The minimum atomic E-state index is -1.14. The molecule has 0 spiro atoms. The number of hydrogen-bond donors (Lipinski definition) is 2. The van der Waals surface area contributed by atoms with Gasteiger partial charge >= 0.3 is 11.9 Å². The number of anilines is 2. The third-order valence-electron chi connectivity index (χ3n) is 6.22. The number of carbonyl (C=O) groups is 2. The molecule has 4 rings (SSSR count). The van der Waals surface area contributed by atoms with Crippen molar-refractivity contribution in [3.8, 4) is 0 Å². The summed E-state index contributed by atoms with van der Waals surface area (Å²) >= 11 is 0. The molecule has 0 saturated carbocycles. The van der Waals surface area contributed by atoms with Crippen LogP contribution < -0.4 is 10.6 Å². The lowest BCUT2D eigenvalue weighted by atomic mass is 9.87. The summed E-state index contributed by atoms with van der Waals surface area (Å²) in [6, 6.07) is 13.1. The van der Waals surface area contributed by atoms with Crippen LogP contribution in [0.15, 0.2) is 42.5 Å². The Balaban J connectivity index is 1.65. The molecule has 0 amide bonds. The van der Waals surface area contributed by atoms with Crippen molar-refractivity contribution < 1.29 is 19.1 Å². The minimum absolute atomic E-state index is 0.260. The second kappa shape index (κ2) is 9.30. The molecule has 0 aromatic heterocycles. The van der Waals surface area contributed by atoms with Gasteiger partial charge in [-0.3, -0.25) is 0 Å². The summed E-state index contributed by atoms with van der Waals surface area (Å²) < 4.78 is 10.5. The van der Waals surface area contributed by atoms with Crippen LogP contribution in [0.5, 0.6) is 0 Å². The lowest BCUT2D eigenvalue weighted by Crippen LogP contribution is -2.45. The molecule has 174 valence electrons. The largest absolute Gasteiger partial charge is 0.464 e. The van der Waals surface area contributed by atoms with Crippen LogP contribution in [0.25, 0.3) is 5.57 Å². The van der Waals surface area contributed by atoms with Crippen LogP contribution in [0.2, 0.25) is 0 Å². The Bertz CT molecular complexity index is 1110. The Labute approximate surface area is 195 Å². The zero-order valence-electron chi connectivity index (χ0n) is 19.8. The average molecular weight is 449 g/mol. The molecule has 2 aliphatic rings. The Morgan fingerprint density at radius 1 is 1.03 bits per heavy atom. The predicted octanol–water partition coefficient (Wildman–Crippen LogP) is 4.72. The summed E-state index contributed by atoms with van der Waals surface area (Å²) in [5.74, 6) is -0.875. The van der Waals surface area contributed by atoms with E-state index in [1.807, 2.05) is 18.2 Å². The van der Waals surface area contributed by atoms with E-state index in [0.29, 0.717) is 17.3 Å². The quantitative estimate of drug-likeness (QED) is 0.623. The van der Waals surface area contributed by atoms with Crippen molar-refractivity contribution in [2.24, 2.45) is 0 Å². The first-order chi connectivity index (χ1) is 15.8. The van der Waals surface area contributed by atoms with Gasteiger partial charge < -0.3 is 20.1 Å². The van der Waals surface area contributed by atoms with Gasteiger partial charge in [-0.1, -0.05) is 18.2 Å². The van der Waals surface area contributed by atoms with E-state index in [1.54, 1.807) is 26.8 Å². The number of hydrogen-bond acceptors (Lipinski definition) is 6. The van der Waals surface area contributed by atoms with Gasteiger partial charge in [-0.2, -0.15) is 0 Å². The van der Waals surface area contributed by atoms with Crippen molar-refractivity contribution in [2.45, 2.75) is 58.5 Å². The fraction of sp³-hybridized carbons (Fsp3) is 0.407. The summed E-state index contributed by atoms with van der Waals surface area (Å²) in [5, 5.41) is 6.80. The summed E-state index contributed by atoms with van der Waals surface area (Å²) in [4.78, 5) is 25.4. The van der Waals surface area contributed by atoms with E-state index < -0.39 is 17.5 Å². The van der Waals surface area contributed by atoms with E-state index in [-0.39, 0.29) is 13.2 Å². The molecule has 2 heterocycles. The second-order valence-corrected chi connectivity index (χ2v) is 8.96. The van der Waals surface area contributed by atoms with Crippen LogP contribution in [0, 0.1) is 0 Å². The molecule has 6 heteroatoms. The molecule has 0 radical (unpaired) electrons. The van der Waals surface area contributed by atoms with E-state index in [2.05, 4.69) is 35.8 Å². The molecule has 2 N–H and O–H groups in total. The minimum Gasteiger partial charge on any atom is -0.464 e. The van der Waals surface area contributed by atoms with Gasteiger partial charge in [0, 0.05) is 23.0 Å². The summed E-state index contributed by atoms with van der Waals surface area (Å²) in [6.45, 7) is 7.98. The number of fused-ring (bicyclic) bond motifs is 2. The first-order valence-electron chi connectivity index (χ1n) is 11.7. The van der Waals surface area contributed by atoms with Gasteiger partial charge in [0.2, 0.25) is 0 Å². The molecule has 2 unspecified atom stereocenters. The monoisotopic (exact) mass is 448 g/mol. The lowest BCUT2D eigenvalue weighted by Gasteiger charge is -2.32. The van der Waals surface area contributed by atoms with Crippen molar-refractivity contribution in [3.05, 3.63) is 64.7 Å². The third kappa shape index (κ3) is 4.75. The zero-order valence-corrected chi connectivity index (χ0v) is 19.8. The number of benzene rings is 2. The summed E-state index contributed by atoms with van der Waals surface area (Å²) in [6.07, 6.45) is 4.59. The molecule has 2 aliphatic heterocycles.